The van der Waals surface area contributed by atoms with Crippen LogP contribution in [0.3, 0.4) is 0 Å². The molecule has 1 aliphatic carbocycles. The molecule has 6 heteroatoms. The maximum atomic E-state index is 11.7. The van der Waals surface area contributed by atoms with Crippen LogP contribution in [0.25, 0.3) is 0 Å². The van der Waals surface area contributed by atoms with Crippen molar-refractivity contribution in [3.63, 3.8) is 0 Å². The van der Waals surface area contributed by atoms with Crippen LogP contribution >= 0.6 is 0 Å². The first-order valence-corrected chi connectivity index (χ1v) is 6.81. The van der Waals surface area contributed by atoms with Gasteiger partial charge in [-0.25, -0.2) is 0 Å². The highest BCUT2D eigenvalue weighted by molar-refractivity contribution is 5.76. The second kappa shape index (κ2) is 5.40. The summed E-state index contributed by atoms with van der Waals surface area (Å²) in [6.45, 7) is 2.31. The van der Waals surface area contributed by atoms with E-state index in [9.17, 15) is 4.79 Å². The molecule has 1 fully saturated rings. The molecular weight excluding hydrogens is 256 g/mol. The topological polar surface area (TPSA) is 72.1 Å². The highest BCUT2D eigenvalue weighted by atomic mass is 16.3. The number of carbonyl (C=O) groups excluding carboxylic acids is 1. The van der Waals surface area contributed by atoms with Gasteiger partial charge in [0.2, 0.25) is 5.91 Å². The maximum Gasteiger partial charge on any atom is 0.241 e. The van der Waals surface area contributed by atoms with Crippen molar-refractivity contribution in [2.75, 3.05) is 5.32 Å². The number of furan rings is 1. The summed E-state index contributed by atoms with van der Waals surface area (Å²) < 4.78 is 6.70. The van der Waals surface area contributed by atoms with Crippen LogP contribution < -0.4 is 10.6 Å². The fourth-order valence-corrected chi connectivity index (χ4v) is 2.03. The fourth-order valence-electron chi connectivity index (χ4n) is 2.03. The molecule has 1 atom stereocenters. The van der Waals surface area contributed by atoms with Gasteiger partial charge in [-0.2, -0.15) is 5.10 Å². The average molecular weight is 274 g/mol. The molecule has 0 spiro atoms. The molecule has 0 bridgehead atoms. The van der Waals surface area contributed by atoms with Crippen molar-refractivity contribution < 1.29 is 9.21 Å². The molecule has 0 radical (unpaired) electrons. The van der Waals surface area contributed by atoms with E-state index in [1.165, 1.54) is 0 Å². The standard InChI is InChI=1S/C14H18N4O2/c1-10(11-4-5-20-9-11)16-13-6-15-18(7-13)8-14(19)17-12-2-3-12/h4-7,9-10,12,16H,2-3,8H2,1H3,(H,17,19). The third-order valence-corrected chi connectivity index (χ3v) is 3.31. The minimum absolute atomic E-state index is 0.0185. The lowest BCUT2D eigenvalue weighted by atomic mass is 10.2. The van der Waals surface area contributed by atoms with Gasteiger partial charge in [0.05, 0.1) is 30.5 Å². The second-order valence-corrected chi connectivity index (χ2v) is 5.19. The van der Waals surface area contributed by atoms with E-state index in [0.717, 1.165) is 24.1 Å². The summed E-state index contributed by atoms with van der Waals surface area (Å²) in [5.41, 5.74) is 1.96. The summed E-state index contributed by atoms with van der Waals surface area (Å²) in [7, 11) is 0. The van der Waals surface area contributed by atoms with Crippen molar-refractivity contribution in [2.24, 2.45) is 0 Å². The lowest BCUT2D eigenvalue weighted by Crippen LogP contribution is -2.29. The van der Waals surface area contributed by atoms with Crippen LogP contribution in [0.2, 0.25) is 0 Å². The minimum atomic E-state index is 0.0185. The van der Waals surface area contributed by atoms with Gasteiger partial charge in [-0.05, 0) is 25.8 Å². The number of aromatic nitrogens is 2. The third-order valence-electron chi connectivity index (χ3n) is 3.31. The Morgan fingerprint density at radius 1 is 1.60 bits per heavy atom. The van der Waals surface area contributed by atoms with Crippen LogP contribution in [0, 0.1) is 0 Å². The van der Waals surface area contributed by atoms with Gasteiger partial charge in [-0.15, -0.1) is 0 Å². The highest BCUT2D eigenvalue weighted by Crippen LogP contribution is 2.19. The van der Waals surface area contributed by atoms with Gasteiger partial charge in [-0.3, -0.25) is 9.48 Å². The summed E-state index contributed by atoms with van der Waals surface area (Å²) in [5, 5.41) is 10.4. The molecule has 0 saturated heterocycles. The normalized spacial score (nSPS) is 15.8. The zero-order valence-electron chi connectivity index (χ0n) is 11.4. The monoisotopic (exact) mass is 274 g/mol. The van der Waals surface area contributed by atoms with Crippen molar-refractivity contribution in [1.82, 2.24) is 15.1 Å². The molecule has 20 heavy (non-hydrogen) atoms. The molecule has 2 aromatic rings. The van der Waals surface area contributed by atoms with E-state index in [4.69, 9.17) is 4.42 Å². The third kappa shape index (κ3) is 3.20. The SMILES string of the molecule is CC(Nc1cnn(CC(=O)NC2CC2)c1)c1ccoc1. The Kier molecular flexibility index (Phi) is 3.45. The number of nitrogens with one attached hydrogen (secondary N) is 2. The van der Waals surface area contributed by atoms with Crippen LogP contribution in [0.4, 0.5) is 5.69 Å². The van der Waals surface area contributed by atoms with E-state index >= 15 is 0 Å². The van der Waals surface area contributed by atoms with E-state index in [2.05, 4.69) is 15.7 Å². The van der Waals surface area contributed by atoms with Crippen molar-refractivity contribution in [2.45, 2.75) is 38.4 Å². The van der Waals surface area contributed by atoms with Gasteiger partial charge in [0, 0.05) is 17.8 Å². The van der Waals surface area contributed by atoms with Crippen molar-refractivity contribution >= 4 is 11.6 Å². The number of hydrogen-bond acceptors (Lipinski definition) is 4. The molecule has 1 saturated carbocycles. The molecule has 2 aromatic heterocycles. The highest BCUT2D eigenvalue weighted by Gasteiger charge is 2.23. The molecule has 1 amide bonds. The second-order valence-electron chi connectivity index (χ2n) is 5.19. The lowest BCUT2D eigenvalue weighted by Gasteiger charge is -2.10. The van der Waals surface area contributed by atoms with Crippen molar-refractivity contribution in [1.29, 1.82) is 0 Å². The Morgan fingerprint density at radius 2 is 2.45 bits per heavy atom. The van der Waals surface area contributed by atoms with E-state index < -0.39 is 0 Å². The molecule has 2 heterocycles. The van der Waals surface area contributed by atoms with Crippen LogP contribution in [-0.4, -0.2) is 21.7 Å². The molecule has 2 N–H and O–H groups in total. The number of rotatable bonds is 6. The molecule has 0 aromatic carbocycles. The molecule has 0 aliphatic heterocycles. The van der Waals surface area contributed by atoms with Crippen LogP contribution in [0.15, 0.2) is 35.4 Å². The number of amides is 1. The van der Waals surface area contributed by atoms with E-state index in [-0.39, 0.29) is 18.5 Å². The van der Waals surface area contributed by atoms with E-state index in [1.54, 1.807) is 23.4 Å². The van der Waals surface area contributed by atoms with Crippen LogP contribution in [0.5, 0.6) is 0 Å². The first-order chi connectivity index (χ1) is 9.70. The molecule has 106 valence electrons. The first kappa shape index (κ1) is 12.8. The smallest absolute Gasteiger partial charge is 0.241 e. The van der Waals surface area contributed by atoms with E-state index in [0.29, 0.717) is 6.04 Å². The predicted octanol–water partition coefficient (Wildman–Crippen LogP) is 1.93. The molecule has 3 rings (SSSR count). The zero-order valence-corrected chi connectivity index (χ0v) is 11.4. The summed E-state index contributed by atoms with van der Waals surface area (Å²) in [6, 6.07) is 2.44. The fraction of sp³-hybridized carbons (Fsp3) is 0.429. The van der Waals surface area contributed by atoms with E-state index in [1.807, 2.05) is 19.2 Å². The average Bonchev–Trinajstić information content (AvgIpc) is 2.93. The lowest BCUT2D eigenvalue weighted by molar-refractivity contribution is -0.122. The predicted molar refractivity (Wildman–Crippen MR) is 74.1 cm³/mol. The Balaban J connectivity index is 1.54. The largest absolute Gasteiger partial charge is 0.472 e. The number of carbonyl (C=O) groups is 1. The summed E-state index contributed by atoms with van der Waals surface area (Å²) in [5.74, 6) is 0.0185. The van der Waals surface area contributed by atoms with Gasteiger partial charge in [0.25, 0.3) is 0 Å². The number of hydrogen-bond donors (Lipinski definition) is 2. The molecular formula is C14H18N4O2. The van der Waals surface area contributed by atoms with Crippen LogP contribution in [0.1, 0.15) is 31.4 Å². The van der Waals surface area contributed by atoms with Gasteiger partial charge in [0.1, 0.15) is 6.54 Å². The Hall–Kier alpha value is -2.24. The Morgan fingerprint density at radius 3 is 3.15 bits per heavy atom. The quantitative estimate of drug-likeness (QED) is 0.844. The van der Waals surface area contributed by atoms with Gasteiger partial charge >= 0.3 is 0 Å². The van der Waals surface area contributed by atoms with Gasteiger partial charge in [0.15, 0.2) is 0 Å². The van der Waals surface area contributed by atoms with Crippen molar-refractivity contribution in [3.05, 3.63) is 36.5 Å². The van der Waals surface area contributed by atoms with Gasteiger partial charge in [-0.1, -0.05) is 0 Å². The number of nitrogens with zero attached hydrogens (tertiary/aromatic N) is 2. The molecule has 6 nitrogen and oxygen atoms in total. The van der Waals surface area contributed by atoms with Crippen molar-refractivity contribution in [3.8, 4) is 0 Å². The molecule has 1 aliphatic rings. The Bertz CT molecular complexity index is 572. The maximum absolute atomic E-state index is 11.7. The minimum Gasteiger partial charge on any atom is -0.472 e. The number of anilines is 1. The first-order valence-electron chi connectivity index (χ1n) is 6.81. The summed E-state index contributed by atoms with van der Waals surface area (Å²) in [4.78, 5) is 11.7. The Labute approximate surface area is 117 Å². The molecule has 1 unspecified atom stereocenters. The summed E-state index contributed by atoms with van der Waals surface area (Å²) >= 11 is 0. The summed E-state index contributed by atoms with van der Waals surface area (Å²) in [6.07, 6.45) is 9.12. The van der Waals surface area contributed by atoms with Gasteiger partial charge < -0.3 is 15.1 Å². The zero-order chi connectivity index (χ0) is 13.9. The van der Waals surface area contributed by atoms with Crippen LogP contribution in [-0.2, 0) is 11.3 Å².